The Morgan fingerprint density at radius 2 is 1.70 bits per heavy atom. The highest BCUT2D eigenvalue weighted by Gasteiger charge is 2.17. The molecule has 4 heteroatoms. The van der Waals surface area contributed by atoms with Crippen molar-refractivity contribution in [2.45, 2.75) is 12.8 Å². The van der Waals surface area contributed by atoms with E-state index in [0.29, 0.717) is 11.4 Å². The maximum Gasteiger partial charge on any atom is 0.0780 e. The third-order valence-electron chi connectivity index (χ3n) is 3.54. The number of nitrogens with two attached hydrogens (primary N) is 2. The van der Waals surface area contributed by atoms with Crippen LogP contribution in [0.2, 0.25) is 0 Å². The van der Waals surface area contributed by atoms with Crippen molar-refractivity contribution < 1.29 is 0 Å². The van der Waals surface area contributed by atoms with Gasteiger partial charge in [0.05, 0.1) is 22.6 Å². The van der Waals surface area contributed by atoms with E-state index in [9.17, 15) is 0 Å². The van der Waals surface area contributed by atoms with Gasteiger partial charge < -0.3 is 11.5 Å². The molecule has 1 atom stereocenters. The number of hydrogen-bond donors (Lipinski definition) is 2. The van der Waals surface area contributed by atoms with Gasteiger partial charge in [0, 0.05) is 23.2 Å². The van der Waals surface area contributed by atoms with Crippen molar-refractivity contribution in [3.63, 3.8) is 0 Å². The molecule has 4 N–H and O–H groups in total. The summed E-state index contributed by atoms with van der Waals surface area (Å²) in [6.07, 6.45) is 1.77. The van der Waals surface area contributed by atoms with E-state index in [1.165, 1.54) is 0 Å². The minimum absolute atomic E-state index is 0.00288. The van der Waals surface area contributed by atoms with E-state index in [-0.39, 0.29) is 5.92 Å². The first-order valence-corrected chi connectivity index (χ1v) is 6.53. The van der Waals surface area contributed by atoms with E-state index in [1.54, 1.807) is 6.20 Å². The fourth-order valence-electron chi connectivity index (χ4n) is 2.37. The second-order valence-electron chi connectivity index (χ2n) is 4.82. The molecule has 3 aromatic rings. The normalized spacial score (nSPS) is 12.4. The van der Waals surface area contributed by atoms with Gasteiger partial charge in [0.2, 0.25) is 0 Å². The highest BCUT2D eigenvalue weighted by molar-refractivity contribution is 5.96. The Hall–Kier alpha value is -2.62. The SMILES string of the molecule is CC(c1ccccn1)c1nc2ccccc2c(N)c1N. The van der Waals surface area contributed by atoms with E-state index < -0.39 is 0 Å². The van der Waals surface area contributed by atoms with Gasteiger partial charge >= 0.3 is 0 Å². The van der Waals surface area contributed by atoms with E-state index in [2.05, 4.69) is 9.97 Å². The van der Waals surface area contributed by atoms with Gasteiger partial charge in [0.1, 0.15) is 0 Å². The molecule has 0 aliphatic heterocycles. The van der Waals surface area contributed by atoms with Gasteiger partial charge in [-0.1, -0.05) is 31.2 Å². The van der Waals surface area contributed by atoms with Crippen LogP contribution in [0.15, 0.2) is 48.7 Å². The summed E-state index contributed by atoms with van der Waals surface area (Å²) in [6, 6.07) is 13.6. The van der Waals surface area contributed by atoms with Crippen LogP contribution in [0.4, 0.5) is 11.4 Å². The number of nitrogens with zero attached hydrogens (tertiary/aromatic N) is 2. The summed E-state index contributed by atoms with van der Waals surface area (Å²) in [6.45, 7) is 2.04. The number of para-hydroxylation sites is 1. The molecule has 4 nitrogen and oxygen atoms in total. The summed E-state index contributed by atoms with van der Waals surface area (Å²) in [7, 11) is 0. The Labute approximate surface area is 117 Å². The molecular formula is C16H16N4. The molecular weight excluding hydrogens is 248 g/mol. The summed E-state index contributed by atoms with van der Waals surface area (Å²) < 4.78 is 0. The van der Waals surface area contributed by atoms with E-state index >= 15 is 0 Å². The highest BCUT2D eigenvalue weighted by Crippen LogP contribution is 2.33. The molecule has 1 aromatic carbocycles. The molecule has 3 rings (SSSR count). The Morgan fingerprint density at radius 3 is 2.45 bits per heavy atom. The fourth-order valence-corrected chi connectivity index (χ4v) is 2.37. The van der Waals surface area contributed by atoms with Gasteiger partial charge in [-0.3, -0.25) is 4.98 Å². The molecule has 0 saturated heterocycles. The number of nitrogen functional groups attached to an aromatic ring is 2. The molecule has 1 unspecified atom stereocenters. The van der Waals surface area contributed by atoms with Gasteiger partial charge in [0.15, 0.2) is 0 Å². The zero-order chi connectivity index (χ0) is 14.1. The van der Waals surface area contributed by atoms with Gasteiger partial charge in [-0.05, 0) is 18.2 Å². The summed E-state index contributed by atoms with van der Waals surface area (Å²) in [4.78, 5) is 9.04. The van der Waals surface area contributed by atoms with Gasteiger partial charge in [-0.25, -0.2) is 4.98 Å². The first-order chi connectivity index (χ1) is 9.68. The second kappa shape index (κ2) is 4.81. The number of benzene rings is 1. The van der Waals surface area contributed by atoms with Crippen molar-refractivity contribution in [3.05, 3.63) is 60.0 Å². The van der Waals surface area contributed by atoms with Crippen LogP contribution >= 0.6 is 0 Å². The van der Waals surface area contributed by atoms with Crippen LogP contribution in [0, 0.1) is 0 Å². The van der Waals surface area contributed by atoms with Crippen molar-refractivity contribution in [2.24, 2.45) is 0 Å². The Morgan fingerprint density at radius 1 is 0.950 bits per heavy atom. The lowest BCUT2D eigenvalue weighted by atomic mass is 9.99. The van der Waals surface area contributed by atoms with Gasteiger partial charge in [-0.2, -0.15) is 0 Å². The van der Waals surface area contributed by atoms with Crippen LogP contribution in [0.5, 0.6) is 0 Å². The molecule has 0 aliphatic carbocycles. The molecule has 0 saturated carbocycles. The minimum atomic E-state index is 0.00288. The maximum absolute atomic E-state index is 6.17. The third-order valence-corrected chi connectivity index (χ3v) is 3.54. The number of aromatic nitrogens is 2. The lowest BCUT2D eigenvalue weighted by Gasteiger charge is -2.16. The Bertz CT molecular complexity index is 753. The summed E-state index contributed by atoms with van der Waals surface area (Å²) in [5.74, 6) is 0.00288. The molecule has 100 valence electrons. The average molecular weight is 264 g/mol. The van der Waals surface area contributed by atoms with Crippen LogP contribution in [-0.2, 0) is 0 Å². The lowest BCUT2D eigenvalue weighted by molar-refractivity contribution is 0.843. The zero-order valence-electron chi connectivity index (χ0n) is 11.2. The van der Waals surface area contributed by atoms with E-state index in [4.69, 9.17) is 11.5 Å². The summed E-state index contributed by atoms with van der Waals surface area (Å²) in [5, 5.41) is 0.891. The van der Waals surface area contributed by atoms with E-state index in [1.807, 2.05) is 49.4 Å². The fraction of sp³-hybridized carbons (Fsp3) is 0.125. The quantitative estimate of drug-likeness (QED) is 0.746. The largest absolute Gasteiger partial charge is 0.396 e. The first kappa shape index (κ1) is 12.4. The van der Waals surface area contributed by atoms with Crippen LogP contribution < -0.4 is 11.5 Å². The predicted molar refractivity (Wildman–Crippen MR) is 82.3 cm³/mol. The Balaban J connectivity index is 2.19. The number of rotatable bonds is 2. The minimum Gasteiger partial charge on any atom is -0.396 e. The van der Waals surface area contributed by atoms with Crippen LogP contribution in [0.25, 0.3) is 10.9 Å². The zero-order valence-corrected chi connectivity index (χ0v) is 11.2. The lowest BCUT2D eigenvalue weighted by Crippen LogP contribution is -2.08. The summed E-state index contributed by atoms with van der Waals surface area (Å²) in [5.41, 5.74) is 16.0. The van der Waals surface area contributed by atoms with Crippen molar-refractivity contribution in [1.29, 1.82) is 0 Å². The van der Waals surface area contributed by atoms with Crippen molar-refractivity contribution in [2.75, 3.05) is 11.5 Å². The van der Waals surface area contributed by atoms with Crippen LogP contribution in [-0.4, -0.2) is 9.97 Å². The Kier molecular flexibility index (Phi) is 2.99. The van der Waals surface area contributed by atoms with E-state index in [0.717, 1.165) is 22.3 Å². The number of fused-ring (bicyclic) bond motifs is 1. The smallest absolute Gasteiger partial charge is 0.0780 e. The molecule has 2 aromatic heterocycles. The van der Waals surface area contributed by atoms with Crippen molar-refractivity contribution in [3.8, 4) is 0 Å². The monoisotopic (exact) mass is 264 g/mol. The predicted octanol–water partition coefficient (Wildman–Crippen LogP) is 2.95. The van der Waals surface area contributed by atoms with Crippen molar-refractivity contribution >= 4 is 22.3 Å². The topological polar surface area (TPSA) is 77.8 Å². The molecule has 0 bridgehead atoms. The van der Waals surface area contributed by atoms with Gasteiger partial charge in [-0.15, -0.1) is 0 Å². The molecule has 0 fully saturated rings. The molecule has 20 heavy (non-hydrogen) atoms. The number of hydrogen-bond acceptors (Lipinski definition) is 4. The number of anilines is 2. The molecule has 0 spiro atoms. The highest BCUT2D eigenvalue weighted by atomic mass is 14.8. The molecule has 2 heterocycles. The number of pyridine rings is 2. The molecule has 0 amide bonds. The molecule has 0 aliphatic rings. The maximum atomic E-state index is 6.17. The summed E-state index contributed by atoms with van der Waals surface area (Å²) >= 11 is 0. The second-order valence-corrected chi connectivity index (χ2v) is 4.82. The van der Waals surface area contributed by atoms with Crippen LogP contribution in [0.3, 0.4) is 0 Å². The standard InChI is InChI=1S/C16H16N4/c1-10(12-7-4-5-9-19-12)16-15(18)14(17)11-6-2-3-8-13(11)20-16/h2-10H,18H2,1H3,(H2,17,20). The average Bonchev–Trinajstić information content (AvgIpc) is 2.51. The molecule has 0 radical (unpaired) electrons. The van der Waals surface area contributed by atoms with Crippen LogP contribution in [0.1, 0.15) is 24.2 Å². The third kappa shape index (κ3) is 1.95. The van der Waals surface area contributed by atoms with Gasteiger partial charge in [0.25, 0.3) is 0 Å². The first-order valence-electron chi connectivity index (χ1n) is 6.53. The van der Waals surface area contributed by atoms with Crippen molar-refractivity contribution in [1.82, 2.24) is 9.97 Å².